The molecule has 10 atom stereocenters. The van der Waals surface area contributed by atoms with E-state index in [0.29, 0.717) is 37.2 Å². The predicted molar refractivity (Wildman–Crippen MR) is 273 cm³/mol. The number of ether oxygens (including phenoxy) is 2. The lowest BCUT2D eigenvalue weighted by molar-refractivity contribution is -0.144. The first-order chi connectivity index (χ1) is 33.5. The molecule has 6 rings (SSSR count). The second-order valence-corrected chi connectivity index (χ2v) is 22.2. The SMILES string of the molecule is CN[C@@H](C)C(=O)N[C@H]1CCSC2CC(C)(C)[C@@H](C(=O)NC(COCC#CC#CCOC[C@@H](NC(=O)[C@H]3N4C(=O)[C@@H](NC(=O)[C@H](C)NC)CCSC4CC3(C)C)c3ccccc3)c3ccccc3)N2C1=O. The van der Waals surface area contributed by atoms with E-state index in [1.165, 1.54) is 0 Å². The van der Waals surface area contributed by atoms with Gasteiger partial charge in [0.25, 0.3) is 0 Å². The van der Waals surface area contributed by atoms with Crippen molar-refractivity contribution >= 4 is 59.0 Å². The first-order valence-corrected chi connectivity index (χ1v) is 26.2. The van der Waals surface area contributed by atoms with Crippen molar-refractivity contribution in [2.24, 2.45) is 10.8 Å². The molecule has 3 unspecified atom stereocenters. The molecular weight excluding hydrogens is 929 g/mol. The highest BCUT2D eigenvalue weighted by molar-refractivity contribution is 8.00. The molecule has 4 aliphatic heterocycles. The average molecular weight is 999 g/mol. The lowest BCUT2D eigenvalue weighted by Gasteiger charge is -2.35. The molecule has 378 valence electrons. The largest absolute Gasteiger partial charge is 0.366 e. The van der Waals surface area contributed by atoms with E-state index in [1.807, 2.05) is 88.4 Å². The molecule has 16 nitrogen and oxygen atoms in total. The highest BCUT2D eigenvalue weighted by Gasteiger charge is 2.56. The molecule has 0 saturated carbocycles. The molecule has 4 aliphatic rings. The van der Waals surface area contributed by atoms with Gasteiger partial charge in [0.05, 0.1) is 48.1 Å². The number of carbonyl (C=O) groups is 6. The number of fused-ring (bicyclic) bond motifs is 2. The molecule has 2 aromatic rings. The Kier molecular flexibility index (Phi) is 19.3. The molecule has 6 amide bonds. The molecule has 0 radical (unpaired) electrons. The van der Waals surface area contributed by atoms with Gasteiger partial charge in [-0.05, 0) is 98.9 Å². The normalized spacial score (nSPS) is 25.1. The van der Waals surface area contributed by atoms with Crippen LogP contribution >= 0.6 is 23.5 Å². The molecule has 6 N–H and O–H groups in total. The minimum atomic E-state index is -0.766. The highest BCUT2D eigenvalue weighted by Crippen LogP contribution is 2.48. The summed E-state index contributed by atoms with van der Waals surface area (Å²) in [6.45, 7) is 11.8. The molecule has 2 aromatic carbocycles. The standard InChI is InChI=1S/C52H70N8O8S2/c1-33(53-7)45(61)55-37-23-27-69-41-29-51(3,4)43(59(41)49(37)65)47(63)57-39(35-19-13-11-14-20-35)31-67-25-17-9-10-18-26-68-32-40(36-21-15-12-16-22-36)58-48(64)44-52(5,6)30-42-60(44)50(66)38(24-28-70-42)56-46(62)34(2)54-8/h11-16,19-22,33-34,37-44,53-54H,23-32H2,1-8H3,(H,55,61)(H,56,62)(H,57,63)(H,58,64)/t33-,34-,37-,38-,39+,40?,41?,42?,43+,44+/m0/s1. The van der Waals surface area contributed by atoms with Crippen LogP contribution in [0.4, 0.5) is 0 Å². The molecule has 4 heterocycles. The van der Waals surface area contributed by atoms with E-state index in [9.17, 15) is 28.8 Å². The van der Waals surface area contributed by atoms with Gasteiger partial charge in [-0.15, -0.1) is 23.5 Å². The summed E-state index contributed by atoms with van der Waals surface area (Å²) < 4.78 is 12.0. The maximum absolute atomic E-state index is 14.3. The Morgan fingerprint density at radius 3 is 1.37 bits per heavy atom. The fourth-order valence-corrected chi connectivity index (χ4v) is 12.6. The van der Waals surface area contributed by atoms with Crippen LogP contribution < -0.4 is 31.9 Å². The van der Waals surface area contributed by atoms with Gasteiger partial charge in [-0.3, -0.25) is 28.8 Å². The van der Waals surface area contributed by atoms with Crippen LogP contribution in [0.1, 0.15) is 90.4 Å². The van der Waals surface area contributed by atoms with Gasteiger partial charge >= 0.3 is 0 Å². The predicted octanol–water partition coefficient (Wildman–Crippen LogP) is 3.11. The van der Waals surface area contributed by atoms with Crippen molar-refractivity contribution in [1.82, 2.24) is 41.7 Å². The number of nitrogens with one attached hydrogen (secondary N) is 6. The van der Waals surface area contributed by atoms with Crippen LogP contribution in [0.3, 0.4) is 0 Å². The van der Waals surface area contributed by atoms with Gasteiger partial charge in [-0.2, -0.15) is 0 Å². The van der Waals surface area contributed by atoms with Gasteiger partial charge in [0.15, 0.2) is 0 Å². The van der Waals surface area contributed by atoms with Crippen LogP contribution in [0.5, 0.6) is 0 Å². The molecule has 0 spiro atoms. The van der Waals surface area contributed by atoms with E-state index in [2.05, 4.69) is 55.6 Å². The maximum Gasteiger partial charge on any atom is 0.246 e. The van der Waals surface area contributed by atoms with Crippen molar-refractivity contribution in [1.29, 1.82) is 0 Å². The van der Waals surface area contributed by atoms with E-state index >= 15 is 0 Å². The number of rotatable bonds is 18. The summed E-state index contributed by atoms with van der Waals surface area (Å²) in [6.07, 6.45) is 2.23. The Hall–Kier alpha value is -5.08. The van der Waals surface area contributed by atoms with Crippen LogP contribution in [0, 0.1) is 34.5 Å². The Bertz CT molecular complexity index is 2140. The molecule has 0 aromatic heterocycles. The van der Waals surface area contributed by atoms with Gasteiger partial charge in [0.2, 0.25) is 35.4 Å². The molecule has 18 heteroatoms. The second kappa shape index (κ2) is 24.8. The van der Waals surface area contributed by atoms with Crippen molar-refractivity contribution in [2.45, 2.75) is 126 Å². The van der Waals surface area contributed by atoms with E-state index in [-0.39, 0.29) is 72.6 Å². The fraction of sp³-hybridized carbons (Fsp3) is 0.577. The number of hydrogen-bond donors (Lipinski definition) is 6. The van der Waals surface area contributed by atoms with Crippen LogP contribution in [0.15, 0.2) is 60.7 Å². The first kappa shape index (κ1) is 54.3. The zero-order chi connectivity index (χ0) is 50.6. The lowest BCUT2D eigenvalue weighted by atomic mass is 9.83. The summed E-state index contributed by atoms with van der Waals surface area (Å²) >= 11 is 3.29. The molecule has 0 aliphatic carbocycles. The number of amides is 6. The molecule has 70 heavy (non-hydrogen) atoms. The number of likely N-dealkylation sites (N-methyl/N-ethyl adjacent to an activating group) is 2. The minimum Gasteiger partial charge on any atom is -0.366 e. The van der Waals surface area contributed by atoms with Crippen LogP contribution in [-0.4, -0.2) is 144 Å². The number of hydrogen-bond acceptors (Lipinski definition) is 12. The van der Waals surface area contributed by atoms with Crippen LogP contribution in [0.25, 0.3) is 0 Å². The lowest BCUT2D eigenvalue weighted by Crippen LogP contribution is -2.58. The smallest absolute Gasteiger partial charge is 0.246 e. The van der Waals surface area contributed by atoms with Gasteiger partial charge in [-0.1, -0.05) is 100 Å². The van der Waals surface area contributed by atoms with Crippen molar-refractivity contribution in [3.8, 4) is 23.7 Å². The number of carbonyl (C=O) groups excluding carboxylic acids is 6. The molecule has 4 fully saturated rings. The third-order valence-electron chi connectivity index (χ3n) is 13.6. The summed E-state index contributed by atoms with van der Waals surface area (Å²) in [6, 6.07) is 14.0. The van der Waals surface area contributed by atoms with E-state index in [0.717, 1.165) is 11.1 Å². The van der Waals surface area contributed by atoms with Gasteiger partial charge in [-0.25, -0.2) is 0 Å². The zero-order valence-electron chi connectivity index (χ0n) is 41.6. The summed E-state index contributed by atoms with van der Waals surface area (Å²) in [5.74, 6) is 11.2. The third-order valence-corrected chi connectivity index (χ3v) is 16.1. The molecule has 4 saturated heterocycles. The van der Waals surface area contributed by atoms with Crippen molar-refractivity contribution in [3.05, 3.63) is 71.8 Å². The Morgan fingerprint density at radius 2 is 1.01 bits per heavy atom. The summed E-state index contributed by atoms with van der Waals surface area (Å²) in [5.41, 5.74) is 0.604. The van der Waals surface area contributed by atoms with E-state index < -0.39 is 59.2 Å². The molecule has 0 bridgehead atoms. The maximum atomic E-state index is 14.3. The Morgan fingerprint density at radius 1 is 0.643 bits per heavy atom. The van der Waals surface area contributed by atoms with Gasteiger partial charge in [0, 0.05) is 0 Å². The van der Waals surface area contributed by atoms with Crippen molar-refractivity contribution in [2.75, 3.05) is 52.0 Å². The zero-order valence-corrected chi connectivity index (χ0v) is 43.2. The van der Waals surface area contributed by atoms with Crippen LogP contribution in [-0.2, 0) is 38.2 Å². The Labute approximate surface area is 421 Å². The minimum absolute atomic E-state index is 0.0418. The van der Waals surface area contributed by atoms with Crippen LogP contribution in [0.2, 0.25) is 0 Å². The average Bonchev–Trinajstić information content (AvgIpc) is 3.66. The number of benzene rings is 2. The van der Waals surface area contributed by atoms with E-state index in [1.54, 1.807) is 61.3 Å². The topological polar surface area (TPSA) is 200 Å². The molecular formula is C52H70N8O8S2. The highest BCUT2D eigenvalue weighted by atomic mass is 32.2. The quantitative estimate of drug-likeness (QED) is 0.0945. The van der Waals surface area contributed by atoms with E-state index in [4.69, 9.17) is 9.47 Å². The summed E-state index contributed by atoms with van der Waals surface area (Å²) in [5, 5.41) is 17.6. The summed E-state index contributed by atoms with van der Waals surface area (Å²) in [7, 11) is 3.38. The number of nitrogens with zero attached hydrogens (tertiary/aromatic N) is 2. The van der Waals surface area contributed by atoms with Crippen molar-refractivity contribution in [3.63, 3.8) is 0 Å². The third kappa shape index (κ3) is 13.5. The monoisotopic (exact) mass is 998 g/mol. The first-order valence-electron chi connectivity index (χ1n) is 24.1. The number of thioether (sulfide) groups is 2. The van der Waals surface area contributed by atoms with Gasteiger partial charge in [0.1, 0.15) is 37.4 Å². The Balaban J connectivity index is 1.04. The summed E-state index contributed by atoms with van der Waals surface area (Å²) in [4.78, 5) is 85.8. The second-order valence-electron chi connectivity index (χ2n) is 19.6. The van der Waals surface area contributed by atoms with Crippen molar-refractivity contribution < 1.29 is 38.2 Å². The fourth-order valence-electron chi connectivity index (χ4n) is 9.49. The van der Waals surface area contributed by atoms with Gasteiger partial charge < -0.3 is 51.2 Å².